The van der Waals surface area contributed by atoms with Crippen LogP contribution in [0.1, 0.15) is 17.5 Å². The van der Waals surface area contributed by atoms with Crippen LogP contribution in [0, 0.1) is 0 Å². The van der Waals surface area contributed by atoms with Crippen LogP contribution in [-0.2, 0) is 27.4 Å². The molecule has 0 aliphatic carbocycles. The molecule has 0 atom stereocenters. The molecule has 0 spiro atoms. The number of anilines is 2. The van der Waals surface area contributed by atoms with E-state index in [0.717, 1.165) is 24.2 Å². The second kappa shape index (κ2) is 8.86. The van der Waals surface area contributed by atoms with Crippen LogP contribution in [0.25, 0.3) is 0 Å². The predicted octanol–water partition coefficient (Wildman–Crippen LogP) is 0.448. The Morgan fingerprint density at radius 3 is 2.48 bits per heavy atom. The molecule has 1 heterocycles. The van der Waals surface area contributed by atoms with Crippen LogP contribution in [-0.4, -0.2) is 26.1 Å². The van der Waals surface area contributed by atoms with Gasteiger partial charge in [0.15, 0.2) is 0 Å². The molecule has 1 aliphatic rings. The monoisotopic (exact) mass is 389 g/mol. The third-order valence-corrected chi connectivity index (χ3v) is 4.73. The first-order valence-corrected chi connectivity index (χ1v) is 9.39. The van der Waals surface area contributed by atoms with Crippen LogP contribution in [0.4, 0.5) is 11.4 Å². The molecule has 0 fully saturated rings. The van der Waals surface area contributed by atoms with Gasteiger partial charge >= 0.3 is 29.6 Å². The SMILES string of the molecule is O=S(=O)([O-])OCCCN1c2ccccc2CCc2ccc(Cl)cc21.[Na+]. The Morgan fingerprint density at radius 2 is 1.76 bits per heavy atom. The van der Waals surface area contributed by atoms with Gasteiger partial charge in [-0.3, -0.25) is 4.18 Å². The zero-order chi connectivity index (χ0) is 17.2. The molecule has 0 unspecified atom stereocenters. The number of benzene rings is 2. The Balaban J connectivity index is 0.00000225. The van der Waals surface area contributed by atoms with Crippen molar-refractivity contribution in [1.82, 2.24) is 0 Å². The van der Waals surface area contributed by atoms with Crippen LogP contribution in [0.5, 0.6) is 0 Å². The van der Waals surface area contributed by atoms with Crippen molar-refractivity contribution in [2.45, 2.75) is 19.3 Å². The minimum atomic E-state index is -4.65. The Hall–Kier alpha value is -0.600. The number of hydrogen-bond acceptors (Lipinski definition) is 5. The van der Waals surface area contributed by atoms with Gasteiger partial charge in [-0.1, -0.05) is 35.9 Å². The van der Waals surface area contributed by atoms with Gasteiger partial charge in [-0.2, -0.15) is 0 Å². The Morgan fingerprint density at radius 1 is 1.08 bits per heavy atom. The molecular weight excluding hydrogens is 373 g/mol. The summed E-state index contributed by atoms with van der Waals surface area (Å²) >= 11 is 6.17. The fourth-order valence-electron chi connectivity index (χ4n) is 3.01. The van der Waals surface area contributed by atoms with E-state index in [0.29, 0.717) is 18.0 Å². The second-order valence-electron chi connectivity index (χ2n) is 5.64. The number of para-hydroxylation sites is 1. The number of fused-ring (bicyclic) bond motifs is 2. The number of halogens is 1. The first-order chi connectivity index (χ1) is 11.4. The average Bonchev–Trinajstić information content (AvgIpc) is 2.68. The van der Waals surface area contributed by atoms with Gasteiger partial charge in [0.1, 0.15) is 0 Å². The molecular formula is C17H17ClNNaO4S. The molecule has 0 saturated carbocycles. The molecule has 2 aromatic rings. The summed E-state index contributed by atoms with van der Waals surface area (Å²) in [6, 6.07) is 13.9. The largest absolute Gasteiger partial charge is 1.00 e. The van der Waals surface area contributed by atoms with Gasteiger partial charge in [0.2, 0.25) is 10.4 Å². The van der Waals surface area contributed by atoms with E-state index in [9.17, 15) is 13.0 Å². The van der Waals surface area contributed by atoms with E-state index in [4.69, 9.17) is 11.6 Å². The maximum absolute atomic E-state index is 10.6. The fourth-order valence-corrected chi connectivity index (χ4v) is 3.50. The zero-order valence-electron chi connectivity index (χ0n) is 13.9. The van der Waals surface area contributed by atoms with E-state index in [1.165, 1.54) is 11.1 Å². The summed E-state index contributed by atoms with van der Waals surface area (Å²) in [6.07, 6.45) is 2.24. The van der Waals surface area contributed by atoms with Gasteiger partial charge in [0.05, 0.1) is 6.61 Å². The minimum Gasteiger partial charge on any atom is -0.726 e. The first-order valence-electron chi connectivity index (χ1n) is 7.68. The molecule has 0 radical (unpaired) electrons. The molecule has 0 bridgehead atoms. The molecule has 128 valence electrons. The molecule has 8 heteroatoms. The van der Waals surface area contributed by atoms with Crippen molar-refractivity contribution in [3.05, 3.63) is 58.6 Å². The van der Waals surface area contributed by atoms with E-state index < -0.39 is 10.4 Å². The van der Waals surface area contributed by atoms with Crippen molar-refractivity contribution in [3.8, 4) is 0 Å². The molecule has 1 aliphatic heterocycles. The topological polar surface area (TPSA) is 69.7 Å². The molecule has 5 nitrogen and oxygen atoms in total. The number of hydrogen-bond donors (Lipinski definition) is 0. The molecule has 0 aromatic heterocycles. The van der Waals surface area contributed by atoms with Crippen LogP contribution >= 0.6 is 11.6 Å². The Labute approximate surface area is 175 Å². The standard InChI is InChI=1S/C17H18ClNO4S.Na/c18-15-9-8-14-7-6-13-4-1-2-5-16(13)19(17(14)12-15)10-3-11-23-24(20,21)22;/h1-2,4-5,8-9,12H,3,6-7,10-11H2,(H,20,21,22);/q;+1/p-1. The summed E-state index contributed by atoms with van der Waals surface area (Å²) in [6.45, 7) is 0.389. The van der Waals surface area contributed by atoms with Crippen LogP contribution in [0.15, 0.2) is 42.5 Å². The third-order valence-electron chi connectivity index (χ3n) is 4.04. The van der Waals surface area contributed by atoms with Crippen molar-refractivity contribution in [1.29, 1.82) is 0 Å². The minimum absolute atomic E-state index is 0. The number of aryl methyl sites for hydroxylation is 2. The molecule has 3 rings (SSSR count). The third kappa shape index (κ3) is 5.44. The summed E-state index contributed by atoms with van der Waals surface area (Å²) in [7, 11) is -4.65. The average molecular weight is 390 g/mol. The summed E-state index contributed by atoms with van der Waals surface area (Å²) in [5.41, 5.74) is 4.50. The quantitative estimate of drug-likeness (QED) is 0.321. The van der Waals surface area contributed by atoms with Crippen molar-refractivity contribution in [2.75, 3.05) is 18.1 Å². The van der Waals surface area contributed by atoms with Crippen molar-refractivity contribution < 1.29 is 46.7 Å². The predicted molar refractivity (Wildman–Crippen MR) is 92.6 cm³/mol. The normalized spacial score (nSPS) is 13.4. The molecule has 2 aromatic carbocycles. The maximum Gasteiger partial charge on any atom is 1.00 e. The number of rotatable bonds is 5. The van der Waals surface area contributed by atoms with Crippen molar-refractivity contribution in [3.63, 3.8) is 0 Å². The smallest absolute Gasteiger partial charge is 0.726 e. The van der Waals surface area contributed by atoms with E-state index >= 15 is 0 Å². The van der Waals surface area contributed by atoms with Gasteiger partial charge < -0.3 is 9.45 Å². The summed E-state index contributed by atoms with van der Waals surface area (Å²) in [5, 5.41) is 0.650. The zero-order valence-corrected chi connectivity index (χ0v) is 17.5. The van der Waals surface area contributed by atoms with Gasteiger partial charge in [-0.15, -0.1) is 0 Å². The molecule has 0 N–H and O–H groups in total. The summed E-state index contributed by atoms with van der Waals surface area (Å²) in [4.78, 5) is 2.12. The van der Waals surface area contributed by atoms with Crippen LogP contribution in [0.2, 0.25) is 5.02 Å². The van der Waals surface area contributed by atoms with E-state index in [-0.39, 0.29) is 36.2 Å². The van der Waals surface area contributed by atoms with Crippen molar-refractivity contribution in [2.24, 2.45) is 0 Å². The molecule has 25 heavy (non-hydrogen) atoms. The van der Waals surface area contributed by atoms with Gasteiger partial charge in [-0.05, 0) is 48.6 Å². The van der Waals surface area contributed by atoms with E-state index in [1.54, 1.807) is 0 Å². The summed E-state index contributed by atoms with van der Waals surface area (Å²) < 4.78 is 36.0. The van der Waals surface area contributed by atoms with Gasteiger partial charge in [0, 0.05) is 22.9 Å². The van der Waals surface area contributed by atoms with Crippen LogP contribution < -0.4 is 34.5 Å². The van der Waals surface area contributed by atoms with E-state index in [1.807, 2.05) is 36.4 Å². The fraction of sp³-hybridized carbons (Fsp3) is 0.294. The summed E-state index contributed by atoms with van der Waals surface area (Å²) in [5.74, 6) is 0. The van der Waals surface area contributed by atoms with Gasteiger partial charge in [-0.25, -0.2) is 8.42 Å². The Bertz CT molecular complexity index is 844. The van der Waals surface area contributed by atoms with Gasteiger partial charge in [0.25, 0.3) is 0 Å². The number of nitrogens with zero attached hydrogens (tertiary/aromatic N) is 1. The second-order valence-corrected chi connectivity index (χ2v) is 7.13. The molecule has 0 amide bonds. The van der Waals surface area contributed by atoms with Crippen molar-refractivity contribution >= 4 is 33.4 Å². The maximum atomic E-state index is 10.6. The molecule has 0 saturated heterocycles. The van der Waals surface area contributed by atoms with Crippen LogP contribution in [0.3, 0.4) is 0 Å². The Kier molecular flexibility index (Phi) is 7.34. The first kappa shape index (κ1) is 20.7. The van der Waals surface area contributed by atoms with E-state index in [2.05, 4.69) is 15.1 Å².